The lowest BCUT2D eigenvalue weighted by Gasteiger charge is -2.11. The van der Waals surface area contributed by atoms with Crippen LogP contribution in [0.1, 0.15) is 99.9 Å². The molecule has 2 aromatic carbocycles. The van der Waals surface area contributed by atoms with Crippen molar-refractivity contribution in [2.75, 3.05) is 14.2 Å². The second-order valence-electron chi connectivity index (χ2n) is 9.22. The van der Waals surface area contributed by atoms with Gasteiger partial charge in [0.1, 0.15) is 5.75 Å². The van der Waals surface area contributed by atoms with E-state index in [1.807, 2.05) is 0 Å². The zero-order valence-electron chi connectivity index (χ0n) is 22.9. The summed E-state index contributed by atoms with van der Waals surface area (Å²) in [6.45, 7) is 2.24. The number of carbonyl (C=O) groups excluding carboxylic acids is 2. The first-order valence-corrected chi connectivity index (χ1v) is 14.3. The van der Waals surface area contributed by atoms with Gasteiger partial charge in [-0.25, -0.2) is 10.2 Å². The molecule has 0 bridgehead atoms. The molecule has 0 aliphatic rings. The van der Waals surface area contributed by atoms with Gasteiger partial charge in [-0.2, -0.15) is 5.10 Å². The number of rotatable bonds is 18. The highest BCUT2D eigenvalue weighted by Crippen LogP contribution is 2.29. The van der Waals surface area contributed by atoms with E-state index in [1.165, 1.54) is 78.2 Å². The molecule has 0 spiro atoms. The Morgan fingerprint density at radius 2 is 1.42 bits per heavy atom. The maximum atomic E-state index is 12.7. The number of amides is 1. The molecule has 0 atom stereocenters. The van der Waals surface area contributed by atoms with Crippen molar-refractivity contribution in [3.63, 3.8) is 0 Å². The van der Waals surface area contributed by atoms with E-state index < -0.39 is 5.97 Å². The Hall–Kier alpha value is -2.87. The molecule has 8 heteroatoms. The van der Waals surface area contributed by atoms with E-state index in [2.05, 4.69) is 33.4 Å². The Labute approximate surface area is 235 Å². The lowest BCUT2D eigenvalue weighted by atomic mass is 10.1. The molecule has 0 saturated carbocycles. The lowest BCUT2D eigenvalue weighted by molar-refractivity contribution is -0.121. The van der Waals surface area contributed by atoms with E-state index in [0.29, 0.717) is 34.8 Å². The van der Waals surface area contributed by atoms with Gasteiger partial charge in [-0.1, -0.05) is 87.1 Å². The summed E-state index contributed by atoms with van der Waals surface area (Å²) < 4.78 is 16.9. The molecule has 1 amide bonds. The second-order valence-corrected chi connectivity index (χ2v) is 10.1. The number of ether oxygens (including phenoxy) is 3. The molecule has 0 saturated heterocycles. The van der Waals surface area contributed by atoms with Gasteiger partial charge in [0.2, 0.25) is 5.91 Å². The molecule has 0 fully saturated rings. The molecule has 0 aliphatic heterocycles. The van der Waals surface area contributed by atoms with Crippen molar-refractivity contribution in [2.45, 2.75) is 84.0 Å². The summed E-state index contributed by atoms with van der Waals surface area (Å²) in [4.78, 5) is 24.9. The number of methoxy groups -OCH3 is 2. The summed E-state index contributed by atoms with van der Waals surface area (Å²) in [5.41, 5.74) is 3.43. The van der Waals surface area contributed by atoms with Crippen LogP contribution in [0, 0.1) is 0 Å². The Bertz CT molecular complexity index is 1040. The highest BCUT2D eigenvalue weighted by atomic mass is 79.9. The predicted molar refractivity (Wildman–Crippen MR) is 155 cm³/mol. The molecule has 38 heavy (non-hydrogen) atoms. The molecular formula is C30H41BrN2O5. The SMILES string of the molecule is CCCCCCCCCCCCCC(=O)N/N=C\c1cc(Br)ccc1OC(=O)c1ccc(OC)c(OC)c1. The monoisotopic (exact) mass is 588 g/mol. The molecule has 1 N–H and O–H groups in total. The van der Waals surface area contributed by atoms with Gasteiger partial charge >= 0.3 is 5.97 Å². The zero-order chi connectivity index (χ0) is 27.6. The standard InChI is InChI=1S/C30H41BrN2O5/c1-4-5-6-7-8-9-10-11-12-13-14-15-29(34)33-32-22-24-20-25(31)17-19-26(24)38-30(35)23-16-18-27(36-2)28(21-23)37-3/h16-22H,4-15H2,1-3H3,(H,33,34)/b32-22-. The normalized spacial score (nSPS) is 10.9. The zero-order valence-corrected chi connectivity index (χ0v) is 24.5. The van der Waals surface area contributed by atoms with Gasteiger partial charge in [-0.15, -0.1) is 0 Å². The van der Waals surface area contributed by atoms with E-state index in [4.69, 9.17) is 14.2 Å². The third-order valence-corrected chi connectivity index (χ3v) is 6.69. The molecule has 0 heterocycles. The van der Waals surface area contributed by atoms with E-state index in [-0.39, 0.29) is 5.91 Å². The Morgan fingerprint density at radius 1 is 0.816 bits per heavy atom. The van der Waals surface area contributed by atoms with Crippen LogP contribution in [-0.2, 0) is 4.79 Å². The van der Waals surface area contributed by atoms with Crippen molar-refractivity contribution in [1.82, 2.24) is 5.43 Å². The number of carbonyl (C=O) groups is 2. The van der Waals surface area contributed by atoms with Gasteiger partial charge in [0, 0.05) is 16.5 Å². The summed E-state index contributed by atoms with van der Waals surface area (Å²) in [7, 11) is 3.03. The highest BCUT2D eigenvalue weighted by molar-refractivity contribution is 9.10. The van der Waals surface area contributed by atoms with Crippen LogP contribution in [0.15, 0.2) is 46.0 Å². The molecule has 0 unspecified atom stereocenters. The van der Waals surface area contributed by atoms with Crippen LogP contribution < -0.4 is 19.6 Å². The fraction of sp³-hybridized carbons (Fsp3) is 0.500. The van der Waals surface area contributed by atoms with Crippen LogP contribution >= 0.6 is 15.9 Å². The maximum absolute atomic E-state index is 12.7. The van der Waals surface area contributed by atoms with Gasteiger partial charge in [0.25, 0.3) is 0 Å². The van der Waals surface area contributed by atoms with Gasteiger partial charge < -0.3 is 14.2 Å². The number of halogens is 1. The van der Waals surface area contributed by atoms with Crippen molar-refractivity contribution < 1.29 is 23.8 Å². The number of nitrogens with one attached hydrogen (secondary N) is 1. The topological polar surface area (TPSA) is 86.2 Å². The molecule has 2 rings (SSSR count). The molecule has 0 aromatic heterocycles. The van der Waals surface area contributed by atoms with Gasteiger partial charge in [-0.05, 0) is 42.8 Å². The van der Waals surface area contributed by atoms with Crippen molar-refractivity contribution >= 4 is 34.0 Å². The number of benzene rings is 2. The Balaban J connectivity index is 1.77. The van der Waals surface area contributed by atoms with Crippen LogP contribution in [0.4, 0.5) is 0 Å². The predicted octanol–water partition coefficient (Wildman–Crippen LogP) is 7.84. The smallest absolute Gasteiger partial charge is 0.343 e. The number of hydrogen-bond donors (Lipinski definition) is 1. The van der Waals surface area contributed by atoms with Crippen molar-refractivity contribution in [3.8, 4) is 17.2 Å². The maximum Gasteiger partial charge on any atom is 0.343 e. The third-order valence-electron chi connectivity index (χ3n) is 6.19. The average Bonchev–Trinajstić information content (AvgIpc) is 2.92. The van der Waals surface area contributed by atoms with Crippen molar-refractivity contribution in [3.05, 3.63) is 52.0 Å². The highest BCUT2D eigenvalue weighted by Gasteiger charge is 2.15. The van der Waals surface area contributed by atoms with Crippen LogP contribution in [0.2, 0.25) is 0 Å². The molecule has 0 radical (unpaired) electrons. The largest absolute Gasteiger partial charge is 0.493 e. The summed E-state index contributed by atoms with van der Waals surface area (Å²) in [5, 5.41) is 4.07. The fourth-order valence-corrected chi connectivity index (χ4v) is 4.39. The molecule has 0 aliphatic carbocycles. The molecule has 7 nitrogen and oxygen atoms in total. The van der Waals surface area contributed by atoms with Crippen LogP contribution in [-0.4, -0.2) is 32.3 Å². The van der Waals surface area contributed by atoms with Gasteiger partial charge in [-0.3, -0.25) is 4.79 Å². The number of nitrogens with zero attached hydrogens (tertiary/aromatic N) is 1. The van der Waals surface area contributed by atoms with E-state index in [0.717, 1.165) is 17.3 Å². The van der Waals surface area contributed by atoms with E-state index >= 15 is 0 Å². The number of hydrazone groups is 1. The summed E-state index contributed by atoms with van der Waals surface area (Å²) in [6, 6.07) is 9.99. The summed E-state index contributed by atoms with van der Waals surface area (Å²) in [5.74, 6) is 0.584. The lowest BCUT2D eigenvalue weighted by Crippen LogP contribution is -2.17. The quantitative estimate of drug-likeness (QED) is 0.0630. The average molecular weight is 590 g/mol. The third kappa shape index (κ3) is 11.7. The fourth-order valence-electron chi connectivity index (χ4n) is 4.01. The minimum Gasteiger partial charge on any atom is -0.493 e. The van der Waals surface area contributed by atoms with Crippen molar-refractivity contribution in [2.24, 2.45) is 5.10 Å². The van der Waals surface area contributed by atoms with E-state index in [1.54, 1.807) is 36.4 Å². The Kier molecular flexibility index (Phi) is 15.2. The van der Waals surface area contributed by atoms with Gasteiger partial charge in [0.05, 0.1) is 26.0 Å². The van der Waals surface area contributed by atoms with Gasteiger partial charge in [0.15, 0.2) is 11.5 Å². The number of unbranched alkanes of at least 4 members (excludes halogenated alkanes) is 10. The molecule has 2 aromatic rings. The van der Waals surface area contributed by atoms with Crippen LogP contribution in [0.25, 0.3) is 0 Å². The number of hydrogen-bond acceptors (Lipinski definition) is 6. The molecule has 208 valence electrons. The minimum absolute atomic E-state index is 0.129. The first kappa shape index (κ1) is 31.3. The first-order chi connectivity index (χ1) is 18.5. The number of esters is 1. The van der Waals surface area contributed by atoms with Crippen LogP contribution in [0.3, 0.4) is 0 Å². The Morgan fingerprint density at radius 3 is 2.05 bits per heavy atom. The van der Waals surface area contributed by atoms with Crippen molar-refractivity contribution in [1.29, 1.82) is 0 Å². The minimum atomic E-state index is -0.552. The summed E-state index contributed by atoms with van der Waals surface area (Å²) >= 11 is 3.42. The molecular weight excluding hydrogens is 548 g/mol. The second kappa shape index (κ2) is 18.4. The van der Waals surface area contributed by atoms with Crippen LogP contribution in [0.5, 0.6) is 17.2 Å². The summed E-state index contributed by atoms with van der Waals surface area (Å²) in [6.07, 6.45) is 15.5. The first-order valence-electron chi connectivity index (χ1n) is 13.5. The van der Waals surface area contributed by atoms with E-state index in [9.17, 15) is 9.59 Å².